The van der Waals surface area contributed by atoms with Crippen molar-refractivity contribution >= 4 is 17.8 Å². The van der Waals surface area contributed by atoms with E-state index in [0.29, 0.717) is 5.82 Å². The number of rotatable bonds is 5. The van der Waals surface area contributed by atoms with Crippen molar-refractivity contribution in [3.8, 4) is 0 Å². The molecule has 4 N–H and O–H groups in total. The molecule has 3 amide bonds. The quantitative estimate of drug-likeness (QED) is 0.668. The summed E-state index contributed by atoms with van der Waals surface area (Å²) in [5, 5.41) is 14.5. The van der Waals surface area contributed by atoms with Gasteiger partial charge in [0.05, 0.1) is 6.54 Å². The number of halogens is 1. The Morgan fingerprint density at radius 3 is 2.44 bits per heavy atom. The highest BCUT2D eigenvalue weighted by Crippen LogP contribution is 2.21. The summed E-state index contributed by atoms with van der Waals surface area (Å²) in [6.45, 7) is 6.13. The number of hydrogen-bond donors (Lipinski definition) is 4. The maximum absolute atomic E-state index is 12.8. The Bertz CT molecular complexity index is 734. The summed E-state index contributed by atoms with van der Waals surface area (Å²) in [6, 6.07) is 7.05. The lowest BCUT2D eigenvalue weighted by atomic mass is 9.92. The van der Waals surface area contributed by atoms with Gasteiger partial charge >= 0.3 is 6.03 Å². The summed E-state index contributed by atoms with van der Waals surface area (Å²) in [5.74, 6) is -0.315. The number of carbonyl (C=O) groups excluding carboxylic acids is 2. The number of aromatic nitrogens is 2. The SMILES string of the molecule is CC(C)(C)c1cc(NC(=O)CNC(=O)NCc2ccc(F)cc2)n[nH]1. The summed E-state index contributed by atoms with van der Waals surface area (Å²) < 4.78 is 12.8. The molecule has 1 aromatic heterocycles. The summed E-state index contributed by atoms with van der Waals surface area (Å²) in [5.41, 5.74) is 1.55. The fourth-order valence-corrected chi connectivity index (χ4v) is 1.96. The minimum atomic E-state index is -0.489. The molecule has 0 saturated carbocycles. The summed E-state index contributed by atoms with van der Waals surface area (Å²) in [7, 11) is 0. The molecule has 0 spiro atoms. The number of carbonyl (C=O) groups is 2. The van der Waals surface area contributed by atoms with Crippen molar-refractivity contribution in [3.63, 3.8) is 0 Å². The van der Waals surface area contributed by atoms with Crippen LogP contribution in [0.3, 0.4) is 0 Å². The first-order chi connectivity index (χ1) is 11.7. The van der Waals surface area contributed by atoms with Crippen LogP contribution in [0.2, 0.25) is 0 Å². The van der Waals surface area contributed by atoms with Crippen LogP contribution in [0, 0.1) is 5.82 Å². The highest BCUT2D eigenvalue weighted by molar-refractivity contribution is 5.93. The normalized spacial score (nSPS) is 11.0. The van der Waals surface area contributed by atoms with Gasteiger partial charge in [-0.1, -0.05) is 32.9 Å². The van der Waals surface area contributed by atoms with E-state index in [1.54, 1.807) is 18.2 Å². The molecule has 0 aliphatic rings. The van der Waals surface area contributed by atoms with Crippen molar-refractivity contribution in [2.24, 2.45) is 0 Å². The monoisotopic (exact) mass is 347 g/mol. The Kier molecular flexibility index (Phi) is 5.74. The highest BCUT2D eigenvalue weighted by Gasteiger charge is 2.17. The zero-order valence-electron chi connectivity index (χ0n) is 14.4. The van der Waals surface area contributed by atoms with Crippen LogP contribution >= 0.6 is 0 Å². The number of hydrogen-bond acceptors (Lipinski definition) is 3. The van der Waals surface area contributed by atoms with Crippen LogP contribution in [0.25, 0.3) is 0 Å². The van der Waals surface area contributed by atoms with E-state index in [0.717, 1.165) is 11.3 Å². The molecular weight excluding hydrogens is 325 g/mol. The first-order valence-electron chi connectivity index (χ1n) is 7.86. The number of benzene rings is 1. The van der Waals surface area contributed by atoms with Gasteiger partial charge in [0.15, 0.2) is 5.82 Å². The minimum absolute atomic E-state index is 0.103. The molecular formula is C17H22FN5O2. The van der Waals surface area contributed by atoms with Crippen LogP contribution < -0.4 is 16.0 Å². The number of H-pyrrole nitrogens is 1. The Balaban J connectivity index is 1.73. The van der Waals surface area contributed by atoms with Gasteiger partial charge in [-0.2, -0.15) is 5.10 Å². The van der Waals surface area contributed by atoms with E-state index in [9.17, 15) is 14.0 Å². The second-order valence-electron chi connectivity index (χ2n) is 6.63. The van der Waals surface area contributed by atoms with E-state index in [2.05, 4.69) is 26.1 Å². The minimum Gasteiger partial charge on any atom is -0.334 e. The number of nitrogens with one attached hydrogen (secondary N) is 4. The second kappa shape index (κ2) is 7.78. The number of anilines is 1. The van der Waals surface area contributed by atoms with Gasteiger partial charge in [0.1, 0.15) is 5.82 Å². The second-order valence-corrected chi connectivity index (χ2v) is 6.63. The molecule has 0 aliphatic heterocycles. The third-order valence-electron chi connectivity index (χ3n) is 3.43. The molecule has 0 unspecified atom stereocenters. The van der Waals surface area contributed by atoms with Crippen LogP contribution in [0.1, 0.15) is 32.0 Å². The average Bonchev–Trinajstić information content (AvgIpc) is 3.01. The molecule has 134 valence electrons. The zero-order chi connectivity index (χ0) is 18.4. The fourth-order valence-electron chi connectivity index (χ4n) is 1.96. The Morgan fingerprint density at radius 2 is 1.84 bits per heavy atom. The first-order valence-corrected chi connectivity index (χ1v) is 7.86. The topological polar surface area (TPSA) is 98.9 Å². The summed E-state index contributed by atoms with van der Waals surface area (Å²) in [4.78, 5) is 23.5. The maximum Gasteiger partial charge on any atom is 0.315 e. The van der Waals surface area contributed by atoms with Gasteiger partial charge < -0.3 is 16.0 Å². The van der Waals surface area contributed by atoms with Crippen LogP contribution in [0.15, 0.2) is 30.3 Å². The van der Waals surface area contributed by atoms with Crippen molar-refractivity contribution < 1.29 is 14.0 Å². The first kappa shape index (κ1) is 18.4. The third kappa shape index (κ3) is 5.91. The van der Waals surface area contributed by atoms with E-state index in [-0.39, 0.29) is 30.2 Å². The third-order valence-corrected chi connectivity index (χ3v) is 3.43. The van der Waals surface area contributed by atoms with Gasteiger partial charge in [0.2, 0.25) is 5.91 Å². The van der Waals surface area contributed by atoms with Gasteiger partial charge in [-0.25, -0.2) is 9.18 Å². The Labute approximate surface area is 145 Å². The molecule has 1 heterocycles. The predicted octanol–water partition coefficient (Wildman–Crippen LogP) is 2.28. The maximum atomic E-state index is 12.8. The summed E-state index contributed by atoms with van der Waals surface area (Å²) in [6.07, 6.45) is 0. The van der Waals surface area contributed by atoms with Gasteiger partial charge in [0, 0.05) is 23.7 Å². The molecule has 0 radical (unpaired) electrons. The lowest BCUT2D eigenvalue weighted by molar-refractivity contribution is -0.115. The van der Waals surface area contributed by atoms with Crippen molar-refractivity contribution in [2.75, 3.05) is 11.9 Å². The largest absolute Gasteiger partial charge is 0.334 e. The Morgan fingerprint density at radius 1 is 1.16 bits per heavy atom. The molecule has 0 saturated heterocycles. The van der Waals surface area contributed by atoms with E-state index in [4.69, 9.17) is 0 Å². The van der Waals surface area contributed by atoms with E-state index < -0.39 is 6.03 Å². The van der Waals surface area contributed by atoms with Crippen LogP contribution in [-0.4, -0.2) is 28.7 Å². The average molecular weight is 347 g/mol. The molecule has 0 atom stereocenters. The van der Waals surface area contributed by atoms with Gasteiger partial charge in [-0.15, -0.1) is 0 Å². The van der Waals surface area contributed by atoms with Gasteiger partial charge in [0.25, 0.3) is 0 Å². The molecule has 0 aliphatic carbocycles. The number of urea groups is 1. The predicted molar refractivity (Wildman–Crippen MR) is 92.6 cm³/mol. The lowest BCUT2D eigenvalue weighted by Crippen LogP contribution is -2.39. The van der Waals surface area contributed by atoms with Crippen LogP contribution in [0.4, 0.5) is 15.0 Å². The molecule has 0 bridgehead atoms. The van der Waals surface area contributed by atoms with Crippen LogP contribution in [-0.2, 0) is 16.8 Å². The molecule has 8 heteroatoms. The smallest absolute Gasteiger partial charge is 0.315 e. The number of nitrogens with zero attached hydrogens (tertiary/aromatic N) is 1. The van der Waals surface area contributed by atoms with Gasteiger partial charge in [-0.05, 0) is 17.7 Å². The molecule has 25 heavy (non-hydrogen) atoms. The molecule has 0 fully saturated rings. The van der Waals surface area contributed by atoms with E-state index in [1.165, 1.54) is 12.1 Å². The number of aromatic amines is 1. The molecule has 2 aromatic rings. The van der Waals surface area contributed by atoms with E-state index >= 15 is 0 Å². The highest BCUT2D eigenvalue weighted by atomic mass is 19.1. The van der Waals surface area contributed by atoms with E-state index in [1.807, 2.05) is 20.8 Å². The van der Waals surface area contributed by atoms with Crippen molar-refractivity contribution in [3.05, 3.63) is 47.4 Å². The van der Waals surface area contributed by atoms with Crippen molar-refractivity contribution in [2.45, 2.75) is 32.7 Å². The van der Waals surface area contributed by atoms with Crippen molar-refractivity contribution in [1.82, 2.24) is 20.8 Å². The standard InChI is InChI=1S/C17H22FN5O2/c1-17(2,3)13-8-14(23-22-13)21-15(24)10-20-16(25)19-9-11-4-6-12(18)7-5-11/h4-8H,9-10H2,1-3H3,(H2,19,20,25)(H2,21,22,23,24). The van der Waals surface area contributed by atoms with Crippen LogP contribution in [0.5, 0.6) is 0 Å². The number of amides is 3. The molecule has 1 aromatic carbocycles. The lowest BCUT2D eigenvalue weighted by Gasteiger charge is -2.14. The fraction of sp³-hybridized carbons (Fsp3) is 0.353. The Hall–Kier alpha value is -2.90. The molecule has 7 nitrogen and oxygen atoms in total. The molecule has 2 rings (SSSR count). The van der Waals surface area contributed by atoms with Gasteiger partial charge in [-0.3, -0.25) is 9.89 Å². The van der Waals surface area contributed by atoms with Crippen molar-refractivity contribution in [1.29, 1.82) is 0 Å². The summed E-state index contributed by atoms with van der Waals surface area (Å²) >= 11 is 0. The zero-order valence-corrected chi connectivity index (χ0v) is 14.4.